The largest absolute Gasteiger partial charge is 0.495 e. The van der Waals surface area contributed by atoms with Gasteiger partial charge in [-0.25, -0.2) is 5.43 Å². The fourth-order valence-corrected chi connectivity index (χ4v) is 4.07. The molecule has 126 valence electrons. The van der Waals surface area contributed by atoms with Crippen molar-refractivity contribution in [3.63, 3.8) is 0 Å². The minimum absolute atomic E-state index is 0.154. The molecule has 2 N–H and O–H groups in total. The fraction of sp³-hybridized carbons (Fsp3) is 0.176. The first-order chi connectivity index (χ1) is 11.5. The molecule has 1 amide bonds. The molecule has 0 aliphatic carbocycles. The van der Waals surface area contributed by atoms with Gasteiger partial charge >= 0.3 is 0 Å². The van der Waals surface area contributed by atoms with Gasteiger partial charge in [0.05, 0.1) is 23.4 Å². The molecule has 0 aliphatic heterocycles. The number of hydrogen-bond acceptors (Lipinski definition) is 4. The summed E-state index contributed by atoms with van der Waals surface area (Å²) in [6, 6.07) is 11.8. The third-order valence-electron chi connectivity index (χ3n) is 3.14. The first kappa shape index (κ1) is 19.0. The fourth-order valence-electron chi connectivity index (χ4n) is 1.96. The summed E-state index contributed by atoms with van der Waals surface area (Å²) in [6.45, 7) is 2.17. The van der Waals surface area contributed by atoms with Crippen molar-refractivity contribution in [1.29, 1.82) is 0 Å². The zero-order chi connectivity index (χ0) is 17.5. The van der Waals surface area contributed by atoms with Crippen LogP contribution in [0.15, 0.2) is 41.5 Å². The number of aryl methyl sites for hydroxylation is 1. The van der Waals surface area contributed by atoms with Crippen LogP contribution < -0.4 is 15.5 Å². The van der Waals surface area contributed by atoms with Gasteiger partial charge in [-0.2, -0.15) is 5.10 Å². The molecule has 0 spiro atoms. The maximum absolute atomic E-state index is 11.8. The molecule has 0 unspecified atom stereocenters. The molecular weight excluding hydrogens is 532 g/mol. The van der Waals surface area contributed by atoms with Crippen molar-refractivity contribution in [3.05, 3.63) is 54.7 Å². The quantitative estimate of drug-likeness (QED) is 0.328. The molecule has 5 nitrogen and oxygen atoms in total. The van der Waals surface area contributed by atoms with Gasteiger partial charge in [-0.05, 0) is 76.4 Å². The van der Waals surface area contributed by atoms with Crippen LogP contribution in [-0.2, 0) is 4.79 Å². The van der Waals surface area contributed by atoms with Gasteiger partial charge in [0.15, 0.2) is 0 Å². The second-order valence-corrected chi connectivity index (χ2v) is 7.43. The van der Waals surface area contributed by atoms with Crippen LogP contribution in [0.5, 0.6) is 5.75 Å². The topological polar surface area (TPSA) is 62.7 Å². The van der Waals surface area contributed by atoms with Gasteiger partial charge in [0.1, 0.15) is 5.75 Å². The Morgan fingerprint density at radius 1 is 1.25 bits per heavy atom. The molecule has 0 saturated heterocycles. The van der Waals surface area contributed by atoms with Crippen molar-refractivity contribution >= 4 is 63.0 Å². The average Bonchev–Trinajstić information content (AvgIpc) is 2.54. The smallest absolute Gasteiger partial charge is 0.259 e. The monoisotopic (exact) mass is 549 g/mol. The van der Waals surface area contributed by atoms with Gasteiger partial charge < -0.3 is 10.1 Å². The van der Waals surface area contributed by atoms with E-state index in [2.05, 4.69) is 61.0 Å². The molecule has 0 atom stereocenters. The van der Waals surface area contributed by atoms with Crippen LogP contribution in [0.2, 0.25) is 0 Å². The van der Waals surface area contributed by atoms with Gasteiger partial charge in [-0.1, -0.05) is 17.7 Å². The first-order valence-corrected chi connectivity index (χ1v) is 9.31. The van der Waals surface area contributed by atoms with Gasteiger partial charge in [0.25, 0.3) is 5.91 Å². The summed E-state index contributed by atoms with van der Waals surface area (Å²) in [5.74, 6) is 0.526. The lowest BCUT2D eigenvalue weighted by Gasteiger charge is -2.08. The number of nitrogens with one attached hydrogen (secondary N) is 2. The molecule has 0 heterocycles. The van der Waals surface area contributed by atoms with Crippen LogP contribution in [0.4, 0.5) is 5.69 Å². The molecule has 2 aromatic rings. The van der Waals surface area contributed by atoms with Crippen molar-refractivity contribution < 1.29 is 9.53 Å². The molecule has 0 aromatic heterocycles. The minimum Gasteiger partial charge on any atom is -0.495 e. The lowest BCUT2D eigenvalue weighted by molar-refractivity contribution is -0.119. The summed E-state index contributed by atoms with van der Waals surface area (Å²) < 4.78 is 7.45. The number of ether oxygens (including phenoxy) is 1. The number of rotatable bonds is 6. The summed E-state index contributed by atoms with van der Waals surface area (Å²) in [5.41, 5.74) is 5.40. The van der Waals surface area contributed by atoms with Crippen LogP contribution >= 0.6 is 45.2 Å². The third kappa shape index (κ3) is 5.62. The van der Waals surface area contributed by atoms with E-state index in [0.717, 1.165) is 24.1 Å². The molecule has 0 radical (unpaired) electrons. The zero-order valence-corrected chi connectivity index (χ0v) is 17.6. The van der Waals surface area contributed by atoms with E-state index in [-0.39, 0.29) is 12.5 Å². The van der Waals surface area contributed by atoms with Crippen LogP contribution in [-0.4, -0.2) is 25.8 Å². The van der Waals surface area contributed by atoms with Crippen LogP contribution in [0.3, 0.4) is 0 Å². The van der Waals surface area contributed by atoms with Crippen molar-refractivity contribution in [3.8, 4) is 5.75 Å². The van der Waals surface area contributed by atoms with Crippen LogP contribution in [0, 0.1) is 14.1 Å². The molecule has 2 aromatic carbocycles. The van der Waals surface area contributed by atoms with E-state index in [4.69, 9.17) is 4.74 Å². The number of hydrogen-bond donors (Lipinski definition) is 2. The summed E-state index contributed by atoms with van der Waals surface area (Å²) in [7, 11) is 1.62. The molecule has 2 rings (SSSR count). The molecular formula is C17H17I2N3O2. The average molecular weight is 549 g/mol. The predicted molar refractivity (Wildman–Crippen MR) is 114 cm³/mol. The predicted octanol–water partition coefficient (Wildman–Crippen LogP) is 3.78. The SMILES string of the molecule is COc1c(I)cc(I)cc1C=NNC(=O)CNc1ccc(C)cc1. The van der Waals surface area contributed by atoms with Crippen molar-refractivity contribution in [2.75, 3.05) is 19.0 Å². The van der Waals surface area contributed by atoms with E-state index in [1.165, 1.54) is 5.56 Å². The van der Waals surface area contributed by atoms with E-state index in [1.807, 2.05) is 43.3 Å². The highest BCUT2D eigenvalue weighted by molar-refractivity contribution is 14.1. The van der Waals surface area contributed by atoms with Gasteiger partial charge in [-0.15, -0.1) is 0 Å². The van der Waals surface area contributed by atoms with Crippen LogP contribution in [0.1, 0.15) is 11.1 Å². The van der Waals surface area contributed by atoms with E-state index >= 15 is 0 Å². The van der Waals surface area contributed by atoms with E-state index in [9.17, 15) is 4.79 Å². The number of methoxy groups -OCH3 is 1. The maximum Gasteiger partial charge on any atom is 0.259 e. The molecule has 0 aliphatic rings. The summed E-state index contributed by atoms with van der Waals surface area (Å²) in [4.78, 5) is 11.8. The molecule has 0 fully saturated rings. The Bertz CT molecular complexity index is 746. The second kappa shape index (κ2) is 9.21. The lowest BCUT2D eigenvalue weighted by Crippen LogP contribution is -2.25. The lowest BCUT2D eigenvalue weighted by atomic mass is 10.2. The Kier molecular flexibility index (Phi) is 7.28. The number of nitrogens with zero attached hydrogens (tertiary/aromatic N) is 1. The van der Waals surface area contributed by atoms with Gasteiger partial charge in [0, 0.05) is 14.8 Å². The summed E-state index contributed by atoms with van der Waals surface area (Å²) >= 11 is 4.44. The number of carbonyl (C=O) groups is 1. The minimum atomic E-state index is -0.217. The number of benzene rings is 2. The Morgan fingerprint density at radius 2 is 1.96 bits per heavy atom. The second-order valence-electron chi connectivity index (χ2n) is 5.02. The number of anilines is 1. The Hall–Kier alpha value is -1.36. The maximum atomic E-state index is 11.8. The highest BCUT2D eigenvalue weighted by Crippen LogP contribution is 2.26. The molecule has 24 heavy (non-hydrogen) atoms. The van der Waals surface area contributed by atoms with Crippen molar-refractivity contribution in [2.24, 2.45) is 5.10 Å². The summed E-state index contributed by atoms with van der Waals surface area (Å²) in [6.07, 6.45) is 1.59. The van der Waals surface area contributed by atoms with Gasteiger partial charge in [-0.3, -0.25) is 4.79 Å². The number of hydrazone groups is 1. The highest BCUT2D eigenvalue weighted by atomic mass is 127. The van der Waals surface area contributed by atoms with Crippen molar-refractivity contribution in [1.82, 2.24) is 5.43 Å². The normalized spacial score (nSPS) is 10.7. The number of carbonyl (C=O) groups excluding carboxylic acids is 1. The van der Waals surface area contributed by atoms with E-state index < -0.39 is 0 Å². The molecule has 0 bridgehead atoms. The van der Waals surface area contributed by atoms with Crippen LogP contribution in [0.25, 0.3) is 0 Å². The van der Waals surface area contributed by atoms with Crippen molar-refractivity contribution in [2.45, 2.75) is 6.92 Å². The number of amides is 1. The number of halogens is 2. The highest BCUT2D eigenvalue weighted by Gasteiger charge is 2.07. The Balaban J connectivity index is 1.91. The third-order valence-corrected chi connectivity index (χ3v) is 4.56. The molecule has 7 heteroatoms. The molecule has 0 saturated carbocycles. The van der Waals surface area contributed by atoms with E-state index in [0.29, 0.717) is 0 Å². The zero-order valence-electron chi connectivity index (χ0n) is 13.3. The summed E-state index contributed by atoms with van der Waals surface area (Å²) in [5, 5.41) is 7.06. The van der Waals surface area contributed by atoms with E-state index in [1.54, 1.807) is 13.3 Å². The standard InChI is InChI=1S/C17H17I2N3O2/c1-11-3-5-14(6-4-11)20-10-16(23)22-21-9-12-7-13(18)8-15(19)17(12)24-2/h3-9,20H,10H2,1-2H3,(H,22,23). The Labute approximate surface area is 168 Å². The first-order valence-electron chi connectivity index (χ1n) is 7.15. The Morgan fingerprint density at radius 3 is 2.62 bits per heavy atom. The van der Waals surface area contributed by atoms with Gasteiger partial charge in [0.2, 0.25) is 0 Å².